The summed E-state index contributed by atoms with van der Waals surface area (Å²) < 4.78 is 0. The minimum atomic E-state index is 0.570. The van der Waals surface area contributed by atoms with Crippen molar-refractivity contribution in [2.45, 2.75) is 0 Å². The fourth-order valence-electron chi connectivity index (χ4n) is 1.75. The molecule has 1 N–H and O–H groups in total. The van der Waals surface area contributed by atoms with Gasteiger partial charge in [0.1, 0.15) is 17.3 Å². The Balaban J connectivity index is 2.25. The number of imidazole rings is 1. The van der Waals surface area contributed by atoms with Crippen molar-refractivity contribution >= 4 is 11.0 Å². The maximum Gasteiger partial charge on any atom is 0.157 e. The summed E-state index contributed by atoms with van der Waals surface area (Å²) in [4.78, 5) is 11.8. The maximum absolute atomic E-state index is 9.00. The lowest BCUT2D eigenvalue weighted by Crippen LogP contribution is -1.83. The molecule has 1 aromatic carbocycles. The van der Waals surface area contributed by atoms with Crippen LogP contribution in [0.25, 0.3) is 22.6 Å². The smallest absolute Gasteiger partial charge is 0.157 e. The van der Waals surface area contributed by atoms with Crippen molar-refractivity contribution in [3.05, 3.63) is 48.2 Å². The highest BCUT2D eigenvalue weighted by Gasteiger charge is 2.08. The number of para-hydroxylation sites is 1. The lowest BCUT2D eigenvalue weighted by Gasteiger charge is -1.92. The number of pyridine rings is 1. The minimum Gasteiger partial charge on any atom is -0.337 e. The minimum absolute atomic E-state index is 0.570. The van der Waals surface area contributed by atoms with Crippen LogP contribution in [0.1, 0.15) is 5.56 Å². The lowest BCUT2D eigenvalue weighted by atomic mass is 10.2. The summed E-state index contributed by atoms with van der Waals surface area (Å²) >= 11 is 0. The topological polar surface area (TPSA) is 65.4 Å². The third-order valence-electron chi connectivity index (χ3n) is 2.54. The van der Waals surface area contributed by atoms with Crippen molar-refractivity contribution < 1.29 is 0 Å². The molecule has 0 aliphatic carbocycles. The summed E-state index contributed by atoms with van der Waals surface area (Å²) in [6.07, 6.45) is 1.72. The molecule has 2 heterocycles. The number of rotatable bonds is 1. The highest BCUT2D eigenvalue weighted by molar-refractivity contribution is 5.84. The van der Waals surface area contributed by atoms with Gasteiger partial charge in [-0.3, -0.25) is 4.98 Å². The molecule has 4 nitrogen and oxygen atoms in total. The molecular weight excluding hydrogens is 212 g/mol. The third kappa shape index (κ3) is 1.54. The monoisotopic (exact) mass is 220 g/mol. The number of hydrogen-bond donors (Lipinski definition) is 1. The predicted octanol–water partition coefficient (Wildman–Crippen LogP) is 2.50. The first-order valence-corrected chi connectivity index (χ1v) is 5.19. The molecule has 3 rings (SSSR count). The van der Waals surface area contributed by atoms with Crippen molar-refractivity contribution in [1.82, 2.24) is 15.0 Å². The van der Waals surface area contributed by atoms with Gasteiger partial charge in [-0.25, -0.2) is 4.98 Å². The van der Waals surface area contributed by atoms with Gasteiger partial charge in [0.25, 0.3) is 0 Å². The Labute approximate surface area is 97.6 Å². The Hall–Kier alpha value is -2.67. The van der Waals surface area contributed by atoms with Crippen LogP contribution >= 0.6 is 0 Å². The zero-order valence-corrected chi connectivity index (χ0v) is 8.88. The van der Waals surface area contributed by atoms with E-state index in [4.69, 9.17) is 5.26 Å². The molecule has 0 radical (unpaired) electrons. The molecule has 0 aliphatic heterocycles. The number of H-pyrrole nitrogens is 1. The van der Waals surface area contributed by atoms with Gasteiger partial charge in [0.05, 0.1) is 11.1 Å². The Morgan fingerprint density at radius 1 is 1.12 bits per heavy atom. The quantitative estimate of drug-likeness (QED) is 0.685. The zero-order chi connectivity index (χ0) is 11.7. The van der Waals surface area contributed by atoms with Crippen LogP contribution in [0.4, 0.5) is 0 Å². The molecule has 0 unspecified atom stereocenters. The highest BCUT2D eigenvalue weighted by atomic mass is 14.9. The van der Waals surface area contributed by atoms with E-state index in [1.165, 1.54) is 0 Å². The van der Waals surface area contributed by atoms with Crippen LogP contribution in [0.5, 0.6) is 0 Å². The lowest BCUT2D eigenvalue weighted by molar-refractivity contribution is 1.24. The molecule has 0 amide bonds. The van der Waals surface area contributed by atoms with Gasteiger partial charge in [-0.1, -0.05) is 12.1 Å². The summed E-state index contributed by atoms with van der Waals surface area (Å²) in [5.74, 6) is 0.684. The second-order valence-electron chi connectivity index (χ2n) is 3.61. The summed E-state index contributed by atoms with van der Waals surface area (Å²) in [7, 11) is 0. The SMILES string of the molecule is N#Cc1cccc2[nH]c(-c3ccccn3)nc12. The molecule has 2 aromatic heterocycles. The number of hydrogen-bond acceptors (Lipinski definition) is 3. The Kier molecular flexibility index (Phi) is 2.09. The maximum atomic E-state index is 9.00. The van der Waals surface area contributed by atoms with Crippen molar-refractivity contribution in [3.8, 4) is 17.6 Å². The molecule has 4 heteroatoms. The fraction of sp³-hybridized carbons (Fsp3) is 0. The first kappa shape index (κ1) is 9.55. The van der Waals surface area contributed by atoms with Crippen LogP contribution in [0.2, 0.25) is 0 Å². The van der Waals surface area contributed by atoms with E-state index in [2.05, 4.69) is 21.0 Å². The molecule has 17 heavy (non-hydrogen) atoms. The van der Waals surface area contributed by atoms with Gasteiger partial charge < -0.3 is 4.98 Å². The van der Waals surface area contributed by atoms with E-state index < -0.39 is 0 Å². The third-order valence-corrected chi connectivity index (χ3v) is 2.54. The van der Waals surface area contributed by atoms with Gasteiger partial charge in [0.2, 0.25) is 0 Å². The number of nitriles is 1. The average Bonchev–Trinajstić information content (AvgIpc) is 2.83. The second-order valence-corrected chi connectivity index (χ2v) is 3.61. The van der Waals surface area contributed by atoms with E-state index in [0.717, 1.165) is 11.2 Å². The van der Waals surface area contributed by atoms with Gasteiger partial charge in [0, 0.05) is 6.20 Å². The van der Waals surface area contributed by atoms with Crippen molar-refractivity contribution in [2.24, 2.45) is 0 Å². The molecule has 0 aliphatic rings. The van der Waals surface area contributed by atoms with Gasteiger partial charge in [-0.05, 0) is 24.3 Å². The molecule has 0 fully saturated rings. The van der Waals surface area contributed by atoms with Crippen LogP contribution in [-0.4, -0.2) is 15.0 Å². The van der Waals surface area contributed by atoms with Crippen LogP contribution in [0, 0.1) is 11.3 Å². The van der Waals surface area contributed by atoms with E-state index in [1.807, 2.05) is 30.3 Å². The number of benzene rings is 1. The average molecular weight is 220 g/mol. The van der Waals surface area contributed by atoms with Gasteiger partial charge in [0.15, 0.2) is 5.82 Å². The summed E-state index contributed by atoms with van der Waals surface area (Å²) in [6, 6.07) is 13.3. The molecule has 0 saturated carbocycles. The fourth-order valence-corrected chi connectivity index (χ4v) is 1.75. The first-order valence-electron chi connectivity index (χ1n) is 5.19. The van der Waals surface area contributed by atoms with E-state index in [9.17, 15) is 0 Å². The molecule has 0 spiro atoms. The van der Waals surface area contributed by atoms with Crippen LogP contribution < -0.4 is 0 Å². The van der Waals surface area contributed by atoms with E-state index in [1.54, 1.807) is 12.3 Å². The number of fused-ring (bicyclic) bond motifs is 1. The Bertz CT molecular complexity index is 707. The molecule has 0 bridgehead atoms. The second kappa shape index (κ2) is 3.72. The number of aromatic nitrogens is 3. The number of nitrogens with one attached hydrogen (secondary N) is 1. The molecule has 80 valence electrons. The molecule has 0 atom stereocenters. The Morgan fingerprint density at radius 2 is 2.06 bits per heavy atom. The molecule has 0 saturated heterocycles. The van der Waals surface area contributed by atoms with Gasteiger partial charge in [-0.15, -0.1) is 0 Å². The Morgan fingerprint density at radius 3 is 2.82 bits per heavy atom. The largest absolute Gasteiger partial charge is 0.337 e. The van der Waals surface area contributed by atoms with Crippen molar-refractivity contribution in [2.75, 3.05) is 0 Å². The standard InChI is InChI=1S/C13H8N4/c14-8-9-4-3-6-10-12(9)17-13(16-10)11-5-1-2-7-15-11/h1-7H,(H,16,17). The van der Waals surface area contributed by atoms with Crippen molar-refractivity contribution in [3.63, 3.8) is 0 Å². The van der Waals surface area contributed by atoms with Gasteiger partial charge >= 0.3 is 0 Å². The number of aromatic amines is 1. The van der Waals surface area contributed by atoms with Crippen LogP contribution in [0.15, 0.2) is 42.6 Å². The molecular formula is C13H8N4. The van der Waals surface area contributed by atoms with Crippen LogP contribution in [0.3, 0.4) is 0 Å². The molecule has 3 aromatic rings. The summed E-state index contributed by atoms with van der Waals surface area (Å²) in [5.41, 5.74) is 2.88. The first-order chi connectivity index (χ1) is 8.38. The van der Waals surface area contributed by atoms with Crippen LogP contribution in [-0.2, 0) is 0 Å². The highest BCUT2D eigenvalue weighted by Crippen LogP contribution is 2.20. The summed E-state index contributed by atoms with van der Waals surface area (Å²) in [5, 5.41) is 9.00. The van der Waals surface area contributed by atoms with Crippen molar-refractivity contribution in [1.29, 1.82) is 5.26 Å². The summed E-state index contributed by atoms with van der Waals surface area (Å²) in [6.45, 7) is 0. The number of nitrogens with zero attached hydrogens (tertiary/aromatic N) is 3. The van der Waals surface area contributed by atoms with E-state index in [0.29, 0.717) is 16.9 Å². The van der Waals surface area contributed by atoms with E-state index >= 15 is 0 Å². The normalized spacial score (nSPS) is 10.3. The van der Waals surface area contributed by atoms with E-state index in [-0.39, 0.29) is 0 Å². The predicted molar refractivity (Wildman–Crippen MR) is 64.0 cm³/mol. The zero-order valence-electron chi connectivity index (χ0n) is 8.88. The van der Waals surface area contributed by atoms with Gasteiger partial charge in [-0.2, -0.15) is 5.26 Å².